The number of hydrogen-bond acceptors (Lipinski definition) is 9. The second kappa shape index (κ2) is 7.02. The summed E-state index contributed by atoms with van der Waals surface area (Å²) in [4.78, 5) is 2.22. The van der Waals surface area contributed by atoms with E-state index in [0.29, 0.717) is 42.0 Å². The molecular weight excluding hydrogens is 402 g/mol. The van der Waals surface area contributed by atoms with Crippen LogP contribution in [0.5, 0.6) is 28.7 Å². The van der Waals surface area contributed by atoms with Crippen molar-refractivity contribution in [2.45, 2.75) is 12.5 Å². The molecule has 4 heterocycles. The number of fused-ring (bicyclic) bond motifs is 3. The molecule has 0 amide bonds. The highest BCUT2D eigenvalue weighted by Gasteiger charge is 2.37. The van der Waals surface area contributed by atoms with Gasteiger partial charge < -0.3 is 23.7 Å². The van der Waals surface area contributed by atoms with Gasteiger partial charge in [0, 0.05) is 18.2 Å². The van der Waals surface area contributed by atoms with Crippen molar-refractivity contribution in [2.24, 2.45) is 0 Å². The van der Waals surface area contributed by atoms with Gasteiger partial charge in [-0.05, 0) is 47.7 Å². The third-order valence-corrected chi connectivity index (χ3v) is 5.90. The molecule has 0 saturated carbocycles. The summed E-state index contributed by atoms with van der Waals surface area (Å²) in [5.41, 5.74) is 2.93. The van der Waals surface area contributed by atoms with E-state index < -0.39 is 0 Å². The summed E-state index contributed by atoms with van der Waals surface area (Å²) >= 11 is 0. The molecule has 2 aromatic carbocycles. The zero-order valence-corrected chi connectivity index (χ0v) is 17.2. The molecule has 10 nitrogen and oxygen atoms in total. The Hall–Kier alpha value is -3.53. The summed E-state index contributed by atoms with van der Waals surface area (Å²) in [5, 5.41) is 12.7. The normalized spacial score (nSPS) is 19.2. The quantitative estimate of drug-likeness (QED) is 0.625. The molecule has 6 rings (SSSR count). The molecule has 3 aliphatic rings. The Bertz CT molecular complexity index is 1160. The number of hydrogen-bond donors (Lipinski definition) is 0. The van der Waals surface area contributed by atoms with Crippen molar-refractivity contribution in [1.82, 2.24) is 25.1 Å². The zero-order chi connectivity index (χ0) is 20.9. The lowest BCUT2D eigenvalue weighted by Gasteiger charge is -2.34. The molecule has 10 heteroatoms. The molecule has 1 aromatic heterocycles. The minimum atomic E-state index is -0.226. The van der Waals surface area contributed by atoms with E-state index in [9.17, 15) is 0 Å². The number of rotatable bonds is 3. The van der Waals surface area contributed by atoms with Crippen molar-refractivity contribution in [3.8, 4) is 34.4 Å². The van der Waals surface area contributed by atoms with Gasteiger partial charge in [0.15, 0.2) is 28.8 Å². The number of aromatic nitrogens is 4. The van der Waals surface area contributed by atoms with Gasteiger partial charge in [0.2, 0.25) is 12.5 Å². The molecule has 0 bridgehead atoms. The van der Waals surface area contributed by atoms with Crippen LogP contribution < -0.4 is 23.7 Å². The maximum absolute atomic E-state index is 5.81. The fourth-order valence-corrected chi connectivity index (χ4v) is 4.47. The summed E-state index contributed by atoms with van der Waals surface area (Å²) in [6, 6.07) is 7.52. The molecule has 160 valence electrons. The van der Waals surface area contributed by atoms with E-state index in [1.165, 1.54) is 0 Å². The summed E-state index contributed by atoms with van der Waals surface area (Å²) in [5.74, 6) is 4.09. The van der Waals surface area contributed by atoms with E-state index in [0.717, 1.165) is 35.5 Å². The summed E-state index contributed by atoms with van der Waals surface area (Å²) < 4.78 is 30.3. The Morgan fingerprint density at radius 3 is 2.77 bits per heavy atom. The predicted molar refractivity (Wildman–Crippen MR) is 107 cm³/mol. The van der Waals surface area contributed by atoms with Crippen molar-refractivity contribution >= 4 is 0 Å². The third kappa shape index (κ3) is 2.78. The average molecular weight is 423 g/mol. The van der Waals surface area contributed by atoms with Crippen LogP contribution in [-0.2, 0) is 6.42 Å². The van der Waals surface area contributed by atoms with Crippen LogP contribution in [0.15, 0.2) is 24.3 Å². The van der Waals surface area contributed by atoms with Crippen molar-refractivity contribution in [3.63, 3.8) is 0 Å². The van der Waals surface area contributed by atoms with Crippen molar-refractivity contribution in [3.05, 3.63) is 41.2 Å². The molecular formula is C21H21N5O5. The van der Waals surface area contributed by atoms with Crippen molar-refractivity contribution < 1.29 is 23.7 Å². The average Bonchev–Trinajstić information content (AvgIpc) is 3.47. The molecule has 3 aliphatic heterocycles. The Morgan fingerprint density at radius 1 is 1.03 bits per heavy atom. The Labute approximate surface area is 178 Å². The topological polar surface area (TPSA) is 93.0 Å². The minimum absolute atomic E-state index is 0.185. The lowest BCUT2D eigenvalue weighted by Crippen LogP contribution is -2.35. The number of likely N-dealkylation sites (N-methyl/N-ethyl adjacent to an activating group) is 1. The van der Waals surface area contributed by atoms with Gasteiger partial charge >= 0.3 is 0 Å². The molecule has 3 aromatic rings. The van der Waals surface area contributed by atoms with Gasteiger partial charge in [-0.1, -0.05) is 0 Å². The van der Waals surface area contributed by atoms with Crippen LogP contribution in [0.2, 0.25) is 0 Å². The molecule has 0 N–H and O–H groups in total. The number of methoxy groups -OCH3 is 1. The van der Waals surface area contributed by atoms with E-state index in [2.05, 4.69) is 27.5 Å². The number of nitrogens with zero attached hydrogens (tertiary/aromatic N) is 5. The van der Waals surface area contributed by atoms with Crippen LogP contribution in [-0.4, -0.2) is 65.8 Å². The minimum Gasteiger partial charge on any atom is -0.492 e. The Morgan fingerprint density at radius 2 is 1.90 bits per heavy atom. The number of benzene rings is 2. The fraction of sp³-hybridized carbons (Fsp3) is 0.381. The molecule has 31 heavy (non-hydrogen) atoms. The predicted octanol–water partition coefficient (Wildman–Crippen LogP) is 1.75. The smallest absolute Gasteiger partial charge is 0.231 e. The third-order valence-electron chi connectivity index (χ3n) is 5.90. The summed E-state index contributed by atoms with van der Waals surface area (Å²) in [6.07, 6.45) is 0.862. The standard InChI is InChI=1S/C21H21N5O5/c1-25-6-5-12-9-16-19(31-11-30-16)20(27-2)17(12)18(25)21-22-23-24-26(21)13-3-4-14-15(10-13)29-8-7-28-14/h3-4,9-10,18H,5-8,11H2,1-2H3. The monoisotopic (exact) mass is 423 g/mol. The first-order valence-electron chi connectivity index (χ1n) is 10.1. The molecule has 0 spiro atoms. The first-order chi connectivity index (χ1) is 15.2. The van der Waals surface area contributed by atoms with E-state index in [4.69, 9.17) is 23.7 Å². The van der Waals surface area contributed by atoms with Crippen molar-refractivity contribution in [1.29, 1.82) is 0 Å². The van der Waals surface area contributed by atoms with Crippen LogP contribution in [0.4, 0.5) is 0 Å². The second-order valence-corrected chi connectivity index (χ2v) is 7.63. The molecule has 0 aliphatic carbocycles. The van der Waals surface area contributed by atoms with Crippen LogP contribution in [0, 0.1) is 0 Å². The molecule has 1 unspecified atom stereocenters. The Kier molecular flexibility index (Phi) is 4.13. The van der Waals surface area contributed by atoms with Crippen LogP contribution in [0.25, 0.3) is 5.69 Å². The first kappa shape index (κ1) is 18.3. The number of ether oxygens (including phenoxy) is 5. The van der Waals surface area contributed by atoms with Gasteiger partial charge in [-0.25, -0.2) is 0 Å². The lowest BCUT2D eigenvalue weighted by molar-refractivity contribution is 0.170. The van der Waals surface area contributed by atoms with E-state index in [-0.39, 0.29) is 12.8 Å². The zero-order valence-electron chi connectivity index (χ0n) is 17.2. The maximum atomic E-state index is 5.81. The van der Waals surface area contributed by atoms with Gasteiger partial charge in [0.1, 0.15) is 19.3 Å². The second-order valence-electron chi connectivity index (χ2n) is 7.63. The molecule has 0 fully saturated rings. The van der Waals surface area contributed by atoms with E-state index >= 15 is 0 Å². The van der Waals surface area contributed by atoms with Crippen LogP contribution in [0.3, 0.4) is 0 Å². The van der Waals surface area contributed by atoms with Gasteiger partial charge in [0.05, 0.1) is 12.8 Å². The summed E-state index contributed by atoms with van der Waals surface area (Å²) in [6.45, 7) is 2.09. The van der Waals surface area contributed by atoms with Gasteiger partial charge in [-0.2, -0.15) is 4.68 Å². The van der Waals surface area contributed by atoms with E-state index in [1.807, 2.05) is 24.3 Å². The lowest BCUT2D eigenvalue weighted by atomic mass is 9.90. The SMILES string of the molecule is COc1c2c(cc3c1C(c1nnnn1-c1ccc4c(c1)OCCO4)N(C)CC3)OCO2. The van der Waals surface area contributed by atoms with Crippen LogP contribution >= 0.6 is 0 Å². The van der Waals surface area contributed by atoms with Gasteiger partial charge in [0.25, 0.3) is 0 Å². The molecule has 0 saturated heterocycles. The van der Waals surface area contributed by atoms with Gasteiger partial charge in [-0.15, -0.1) is 5.10 Å². The highest BCUT2D eigenvalue weighted by molar-refractivity contribution is 5.63. The Balaban J connectivity index is 1.50. The van der Waals surface area contributed by atoms with Crippen LogP contribution in [0.1, 0.15) is 23.0 Å². The molecule has 0 radical (unpaired) electrons. The highest BCUT2D eigenvalue weighted by atomic mass is 16.7. The fourth-order valence-electron chi connectivity index (χ4n) is 4.47. The maximum Gasteiger partial charge on any atom is 0.231 e. The first-order valence-corrected chi connectivity index (χ1v) is 10.1. The number of tetrazole rings is 1. The molecule has 1 atom stereocenters. The highest BCUT2D eigenvalue weighted by Crippen LogP contribution is 2.50. The van der Waals surface area contributed by atoms with E-state index in [1.54, 1.807) is 11.8 Å². The van der Waals surface area contributed by atoms with Gasteiger partial charge in [-0.3, -0.25) is 4.90 Å². The largest absolute Gasteiger partial charge is 0.492 e. The van der Waals surface area contributed by atoms with Crippen molar-refractivity contribution in [2.75, 3.05) is 40.7 Å². The summed E-state index contributed by atoms with van der Waals surface area (Å²) in [7, 11) is 3.70.